The van der Waals surface area contributed by atoms with Gasteiger partial charge in [-0.05, 0) is 45.1 Å². The van der Waals surface area contributed by atoms with Gasteiger partial charge in [-0.1, -0.05) is 30.3 Å². The number of nitrogens with zero attached hydrogens (tertiary/aromatic N) is 2. The van der Waals surface area contributed by atoms with E-state index in [1.165, 1.54) is 5.56 Å². The summed E-state index contributed by atoms with van der Waals surface area (Å²) in [6.07, 6.45) is 4.61. The zero-order valence-electron chi connectivity index (χ0n) is 18.4. The van der Waals surface area contributed by atoms with Crippen LogP contribution >= 0.6 is 0 Å². The molecule has 0 unspecified atom stereocenters. The standard InChI is InChI=1S/C23H40N4O2/c1-3-24-23(25-14-8-18-28-4-2)26-15-9-19-29-22-12-16-27(17-13-22)20-21-10-6-5-7-11-21/h5-7,10-11,22H,3-4,8-9,12-20H2,1-2H3,(H2,24,25,26). The van der Waals surface area contributed by atoms with Crippen molar-refractivity contribution < 1.29 is 9.47 Å². The van der Waals surface area contributed by atoms with Gasteiger partial charge in [-0.25, -0.2) is 0 Å². The fourth-order valence-corrected chi connectivity index (χ4v) is 3.45. The van der Waals surface area contributed by atoms with Gasteiger partial charge in [0, 0.05) is 59.1 Å². The van der Waals surface area contributed by atoms with Gasteiger partial charge in [0.05, 0.1) is 6.10 Å². The molecule has 6 heteroatoms. The minimum absolute atomic E-state index is 0.405. The third-order valence-electron chi connectivity index (χ3n) is 5.02. The number of hydrogen-bond donors (Lipinski definition) is 2. The summed E-state index contributed by atoms with van der Waals surface area (Å²) in [5.74, 6) is 0.887. The summed E-state index contributed by atoms with van der Waals surface area (Å²) in [7, 11) is 0. The highest BCUT2D eigenvalue weighted by Crippen LogP contribution is 2.16. The molecule has 0 bridgehead atoms. The van der Waals surface area contributed by atoms with Crippen molar-refractivity contribution in [2.75, 3.05) is 52.5 Å². The van der Waals surface area contributed by atoms with Crippen molar-refractivity contribution in [2.24, 2.45) is 4.99 Å². The van der Waals surface area contributed by atoms with E-state index >= 15 is 0 Å². The van der Waals surface area contributed by atoms with E-state index in [1.54, 1.807) is 0 Å². The second-order valence-electron chi connectivity index (χ2n) is 7.42. The second-order valence-corrected chi connectivity index (χ2v) is 7.42. The van der Waals surface area contributed by atoms with Crippen molar-refractivity contribution in [3.63, 3.8) is 0 Å². The topological polar surface area (TPSA) is 58.1 Å². The maximum atomic E-state index is 6.11. The number of guanidine groups is 1. The lowest BCUT2D eigenvalue weighted by molar-refractivity contribution is 0.00534. The van der Waals surface area contributed by atoms with Crippen LogP contribution in [0.3, 0.4) is 0 Å². The minimum Gasteiger partial charge on any atom is -0.382 e. The Morgan fingerprint density at radius 2 is 1.86 bits per heavy atom. The Morgan fingerprint density at radius 3 is 2.59 bits per heavy atom. The first kappa shape index (κ1) is 23.6. The highest BCUT2D eigenvalue weighted by atomic mass is 16.5. The van der Waals surface area contributed by atoms with E-state index in [4.69, 9.17) is 9.47 Å². The van der Waals surface area contributed by atoms with Crippen LogP contribution < -0.4 is 10.6 Å². The lowest BCUT2D eigenvalue weighted by Crippen LogP contribution is -2.39. The Balaban J connectivity index is 1.52. The summed E-state index contributed by atoms with van der Waals surface area (Å²) < 4.78 is 11.5. The molecule has 1 saturated heterocycles. The van der Waals surface area contributed by atoms with Gasteiger partial charge in [-0.2, -0.15) is 0 Å². The molecule has 1 aliphatic heterocycles. The van der Waals surface area contributed by atoms with Crippen LogP contribution in [0.25, 0.3) is 0 Å². The van der Waals surface area contributed by atoms with Crippen molar-refractivity contribution in [2.45, 2.75) is 52.2 Å². The molecule has 29 heavy (non-hydrogen) atoms. The first-order chi connectivity index (χ1) is 14.3. The van der Waals surface area contributed by atoms with Crippen molar-refractivity contribution in [3.8, 4) is 0 Å². The van der Waals surface area contributed by atoms with Crippen molar-refractivity contribution in [1.29, 1.82) is 0 Å². The molecule has 0 saturated carbocycles. The van der Waals surface area contributed by atoms with Crippen LogP contribution in [-0.4, -0.2) is 69.5 Å². The largest absolute Gasteiger partial charge is 0.382 e. The highest BCUT2D eigenvalue weighted by Gasteiger charge is 2.19. The lowest BCUT2D eigenvalue weighted by atomic mass is 10.1. The zero-order valence-corrected chi connectivity index (χ0v) is 18.4. The average Bonchev–Trinajstić information content (AvgIpc) is 2.75. The SMILES string of the molecule is CCNC(=NCCCOCC)NCCCOC1CCN(Cc2ccccc2)CC1. The summed E-state index contributed by atoms with van der Waals surface area (Å²) in [5.41, 5.74) is 1.40. The van der Waals surface area contributed by atoms with Gasteiger partial charge in [-0.3, -0.25) is 9.89 Å². The fraction of sp³-hybridized carbons (Fsp3) is 0.696. The smallest absolute Gasteiger partial charge is 0.191 e. The monoisotopic (exact) mass is 404 g/mol. The Kier molecular flexibility index (Phi) is 12.4. The van der Waals surface area contributed by atoms with Crippen LogP contribution in [0.1, 0.15) is 45.1 Å². The molecule has 0 aliphatic carbocycles. The minimum atomic E-state index is 0.405. The molecular formula is C23H40N4O2. The predicted molar refractivity (Wildman–Crippen MR) is 120 cm³/mol. The molecule has 2 rings (SSSR count). The Hall–Kier alpha value is -1.63. The molecule has 0 amide bonds. The molecule has 0 aromatic heterocycles. The van der Waals surface area contributed by atoms with Crippen LogP contribution in [0.2, 0.25) is 0 Å². The Morgan fingerprint density at radius 1 is 1.07 bits per heavy atom. The van der Waals surface area contributed by atoms with Gasteiger partial charge in [0.25, 0.3) is 0 Å². The summed E-state index contributed by atoms with van der Waals surface area (Å²) in [4.78, 5) is 7.11. The van der Waals surface area contributed by atoms with Gasteiger partial charge in [0.1, 0.15) is 0 Å². The van der Waals surface area contributed by atoms with Crippen LogP contribution in [0, 0.1) is 0 Å². The van der Waals surface area contributed by atoms with Crippen molar-refractivity contribution in [1.82, 2.24) is 15.5 Å². The van der Waals surface area contributed by atoms with Gasteiger partial charge in [0.15, 0.2) is 5.96 Å². The van der Waals surface area contributed by atoms with Gasteiger partial charge in [0.2, 0.25) is 0 Å². The first-order valence-corrected chi connectivity index (χ1v) is 11.3. The number of nitrogens with one attached hydrogen (secondary N) is 2. The van der Waals surface area contributed by atoms with Crippen LogP contribution in [0.15, 0.2) is 35.3 Å². The third-order valence-corrected chi connectivity index (χ3v) is 5.02. The number of hydrogen-bond acceptors (Lipinski definition) is 4. The Bertz CT molecular complexity index is 545. The molecule has 164 valence electrons. The maximum Gasteiger partial charge on any atom is 0.191 e. The number of ether oxygens (including phenoxy) is 2. The summed E-state index contributed by atoms with van der Waals surface area (Å²) in [5, 5.41) is 6.68. The number of benzene rings is 1. The van der Waals surface area contributed by atoms with Crippen LogP contribution in [0.4, 0.5) is 0 Å². The third kappa shape index (κ3) is 10.6. The first-order valence-electron chi connectivity index (χ1n) is 11.3. The van der Waals surface area contributed by atoms with E-state index in [1.807, 2.05) is 6.92 Å². The number of piperidine rings is 1. The predicted octanol–water partition coefficient (Wildman–Crippen LogP) is 3.04. The quantitative estimate of drug-likeness (QED) is 0.301. The average molecular weight is 405 g/mol. The molecule has 6 nitrogen and oxygen atoms in total. The van der Waals surface area contributed by atoms with E-state index in [0.717, 1.165) is 90.7 Å². The van der Waals surface area contributed by atoms with Gasteiger partial charge in [-0.15, -0.1) is 0 Å². The van der Waals surface area contributed by atoms with Crippen molar-refractivity contribution >= 4 is 5.96 Å². The molecule has 2 N–H and O–H groups in total. The summed E-state index contributed by atoms with van der Waals surface area (Å²) >= 11 is 0. The Labute approximate surface area is 177 Å². The summed E-state index contributed by atoms with van der Waals surface area (Å²) in [6, 6.07) is 10.7. The molecule has 1 fully saturated rings. The van der Waals surface area contributed by atoms with E-state index in [9.17, 15) is 0 Å². The highest BCUT2D eigenvalue weighted by molar-refractivity contribution is 5.79. The molecule has 0 atom stereocenters. The molecule has 1 aromatic rings. The number of aliphatic imine (C=N–C) groups is 1. The van der Waals surface area contributed by atoms with Crippen LogP contribution in [-0.2, 0) is 16.0 Å². The van der Waals surface area contributed by atoms with E-state index in [2.05, 4.69) is 57.8 Å². The number of likely N-dealkylation sites (tertiary alicyclic amines) is 1. The van der Waals surface area contributed by atoms with E-state index in [0.29, 0.717) is 6.10 Å². The maximum absolute atomic E-state index is 6.11. The molecule has 1 heterocycles. The zero-order chi connectivity index (χ0) is 20.6. The van der Waals surface area contributed by atoms with E-state index < -0.39 is 0 Å². The molecule has 0 radical (unpaired) electrons. The van der Waals surface area contributed by atoms with Gasteiger partial charge < -0.3 is 20.1 Å². The van der Waals surface area contributed by atoms with Crippen molar-refractivity contribution in [3.05, 3.63) is 35.9 Å². The molecular weight excluding hydrogens is 364 g/mol. The van der Waals surface area contributed by atoms with Crippen LogP contribution in [0.5, 0.6) is 0 Å². The van der Waals surface area contributed by atoms with Gasteiger partial charge >= 0.3 is 0 Å². The lowest BCUT2D eigenvalue weighted by Gasteiger charge is -2.32. The molecule has 1 aromatic carbocycles. The molecule has 1 aliphatic rings. The fourth-order valence-electron chi connectivity index (χ4n) is 3.45. The molecule has 0 spiro atoms. The second kappa shape index (κ2) is 15.2. The summed E-state index contributed by atoms with van der Waals surface area (Å²) in [6.45, 7) is 12.3. The van der Waals surface area contributed by atoms with E-state index in [-0.39, 0.29) is 0 Å². The normalized spacial score (nSPS) is 16.1. The number of rotatable bonds is 13.